The van der Waals surface area contributed by atoms with Crippen molar-refractivity contribution in [1.82, 2.24) is 0 Å². The van der Waals surface area contributed by atoms with Gasteiger partial charge in [0.1, 0.15) is 0 Å². The molecule has 0 amide bonds. The molecule has 26 heavy (non-hydrogen) atoms. The minimum atomic E-state index is 0.162. The number of para-hydroxylation sites is 1. The number of benzene rings is 3. The van der Waals surface area contributed by atoms with Crippen LogP contribution in [-0.4, -0.2) is 0 Å². The number of nitrogens with zero attached hydrogens (tertiary/aromatic N) is 1. The zero-order valence-electron chi connectivity index (χ0n) is 16.5. The zero-order chi connectivity index (χ0) is 18.7. The third-order valence-electron chi connectivity index (χ3n) is 4.82. The maximum absolute atomic E-state index is 2.32. The highest BCUT2D eigenvalue weighted by atomic mass is 15.1. The van der Waals surface area contributed by atoms with Crippen LogP contribution >= 0.6 is 0 Å². The lowest BCUT2D eigenvalue weighted by atomic mass is 9.87. The summed E-state index contributed by atoms with van der Waals surface area (Å²) >= 11 is 0. The summed E-state index contributed by atoms with van der Waals surface area (Å²) in [5, 5.41) is 0. The maximum Gasteiger partial charge on any atom is 0.0461 e. The van der Waals surface area contributed by atoms with E-state index in [1.54, 1.807) is 0 Å². The first-order valence-corrected chi connectivity index (χ1v) is 9.42. The lowest BCUT2D eigenvalue weighted by Crippen LogP contribution is -2.13. The van der Waals surface area contributed by atoms with Crippen LogP contribution in [-0.2, 0) is 5.41 Å². The standard InChI is InChI=1S/C25H29N/c1-19(2)20-11-15-23(16-12-20)26(22-9-7-6-8-10-22)24-17-13-21(14-18-24)25(3,4)5/h6-19H,1-5H3. The quantitative estimate of drug-likeness (QED) is 0.472. The second-order valence-corrected chi connectivity index (χ2v) is 8.21. The van der Waals surface area contributed by atoms with Crippen LogP contribution in [0.3, 0.4) is 0 Å². The summed E-state index contributed by atoms with van der Waals surface area (Å²) in [6.45, 7) is 11.2. The molecule has 0 aliphatic rings. The largest absolute Gasteiger partial charge is 0.311 e. The number of anilines is 3. The molecule has 0 saturated carbocycles. The van der Waals surface area contributed by atoms with Crippen molar-refractivity contribution in [3.05, 3.63) is 90.0 Å². The molecule has 3 rings (SSSR count). The molecule has 3 aromatic rings. The Balaban J connectivity index is 2.04. The van der Waals surface area contributed by atoms with Gasteiger partial charge < -0.3 is 4.90 Å². The Morgan fingerprint density at radius 3 is 1.54 bits per heavy atom. The summed E-state index contributed by atoms with van der Waals surface area (Å²) in [4.78, 5) is 2.32. The van der Waals surface area contributed by atoms with Gasteiger partial charge in [0.15, 0.2) is 0 Å². The van der Waals surface area contributed by atoms with Crippen LogP contribution in [0.1, 0.15) is 51.7 Å². The summed E-state index contributed by atoms with van der Waals surface area (Å²) in [5.41, 5.74) is 6.42. The van der Waals surface area contributed by atoms with Gasteiger partial charge in [-0.2, -0.15) is 0 Å². The van der Waals surface area contributed by atoms with Gasteiger partial charge >= 0.3 is 0 Å². The molecular weight excluding hydrogens is 314 g/mol. The molecule has 3 aromatic carbocycles. The Kier molecular flexibility index (Phi) is 5.18. The molecule has 0 aliphatic heterocycles. The van der Waals surface area contributed by atoms with Gasteiger partial charge in [0, 0.05) is 17.1 Å². The van der Waals surface area contributed by atoms with Gasteiger partial charge in [-0.05, 0) is 58.9 Å². The Hall–Kier alpha value is -2.54. The summed E-state index contributed by atoms with van der Waals surface area (Å²) in [6, 6.07) is 28.4. The van der Waals surface area contributed by atoms with Gasteiger partial charge in [0.05, 0.1) is 0 Å². The fraction of sp³-hybridized carbons (Fsp3) is 0.280. The van der Waals surface area contributed by atoms with Crippen LogP contribution in [0, 0.1) is 0 Å². The minimum absolute atomic E-state index is 0.162. The molecule has 0 heterocycles. The van der Waals surface area contributed by atoms with Crippen molar-refractivity contribution < 1.29 is 0 Å². The highest BCUT2D eigenvalue weighted by Crippen LogP contribution is 2.36. The summed E-state index contributed by atoms with van der Waals surface area (Å²) < 4.78 is 0. The maximum atomic E-state index is 2.32. The number of rotatable bonds is 4. The Morgan fingerprint density at radius 2 is 1.08 bits per heavy atom. The summed E-state index contributed by atoms with van der Waals surface area (Å²) in [7, 11) is 0. The first kappa shape index (κ1) is 18.3. The molecule has 0 aromatic heterocycles. The van der Waals surface area contributed by atoms with Crippen LogP contribution in [0.15, 0.2) is 78.9 Å². The van der Waals surface area contributed by atoms with Crippen molar-refractivity contribution in [2.75, 3.05) is 4.90 Å². The van der Waals surface area contributed by atoms with Crippen molar-refractivity contribution in [3.63, 3.8) is 0 Å². The molecule has 0 radical (unpaired) electrons. The van der Waals surface area contributed by atoms with Crippen molar-refractivity contribution in [3.8, 4) is 0 Å². The van der Waals surface area contributed by atoms with E-state index in [-0.39, 0.29) is 5.41 Å². The zero-order valence-corrected chi connectivity index (χ0v) is 16.5. The van der Waals surface area contributed by atoms with E-state index in [2.05, 4.69) is 118 Å². The first-order chi connectivity index (χ1) is 12.4. The molecule has 0 aliphatic carbocycles. The molecule has 1 nitrogen and oxygen atoms in total. The monoisotopic (exact) mass is 343 g/mol. The lowest BCUT2D eigenvalue weighted by Gasteiger charge is -2.27. The van der Waals surface area contributed by atoms with Crippen LogP contribution in [0.4, 0.5) is 17.1 Å². The molecule has 0 fully saturated rings. The number of hydrogen-bond acceptors (Lipinski definition) is 1. The van der Waals surface area contributed by atoms with E-state index in [1.165, 1.54) is 28.2 Å². The third kappa shape index (κ3) is 3.99. The van der Waals surface area contributed by atoms with Gasteiger partial charge in [-0.1, -0.05) is 77.1 Å². The fourth-order valence-corrected chi connectivity index (χ4v) is 3.14. The van der Waals surface area contributed by atoms with E-state index in [0.717, 1.165) is 0 Å². The Labute approximate surface area is 158 Å². The first-order valence-electron chi connectivity index (χ1n) is 9.42. The topological polar surface area (TPSA) is 3.24 Å². The summed E-state index contributed by atoms with van der Waals surface area (Å²) in [6.07, 6.45) is 0. The molecular formula is C25H29N. The predicted octanol–water partition coefficient (Wildman–Crippen LogP) is 7.58. The second-order valence-electron chi connectivity index (χ2n) is 8.21. The SMILES string of the molecule is CC(C)c1ccc(N(c2ccccc2)c2ccc(C(C)(C)C)cc2)cc1. The molecule has 134 valence electrons. The molecule has 0 bridgehead atoms. The van der Waals surface area contributed by atoms with Crippen LogP contribution in [0.2, 0.25) is 0 Å². The number of hydrogen-bond donors (Lipinski definition) is 0. The van der Waals surface area contributed by atoms with Crippen LogP contribution in [0.25, 0.3) is 0 Å². The van der Waals surface area contributed by atoms with E-state index in [4.69, 9.17) is 0 Å². The molecule has 1 heteroatoms. The van der Waals surface area contributed by atoms with Gasteiger partial charge in [0.25, 0.3) is 0 Å². The van der Waals surface area contributed by atoms with Crippen molar-refractivity contribution >= 4 is 17.1 Å². The van der Waals surface area contributed by atoms with Gasteiger partial charge in [-0.15, -0.1) is 0 Å². The van der Waals surface area contributed by atoms with Gasteiger partial charge in [0.2, 0.25) is 0 Å². The van der Waals surface area contributed by atoms with E-state index in [9.17, 15) is 0 Å². The van der Waals surface area contributed by atoms with Crippen LogP contribution in [0.5, 0.6) is 0 Å². The molecule has 0 saturated heterocycles. The molecule has 0 unspecified atom stereocenters. The highest BCUT2D eigenvalue weighted by Gasteiger charge is 2.16. The van der Waals surface area contributed by atoms with Crippen LogP contribution < -0.4 is 4.90 Å². The minimum Gasteiger partial charge on any atom is -0.311 e. The van der Waals surface area contributed by atoms with Gasteiger partial charge in [-0.25, -0.2) is 0 Å². The Bertz CT molecular complexity index is 822. The lowest BCUT2D eigenvalue weighted by molar-refractivity contribution is 0.590. The average Bonchev–Trinajstić information content (AvgIpc) is 2.63. The van der Waals surface area contributed by atoms with Crippen molar-refractivity contribution in [1.29, 1.82) is 0 Å². The van der Waals surface area contributed by atoms with E-state index in [1.807, 2.05) is 0 Å². The summed E-state index contributed by atoms with van der Waals surface area (Å²) in [5.74, 6) is 0.542. The van der Waals surface area contributed by atoms with Crippen molar-refractivity contribution in [2.45, 2.75) is 46.0 Å². The van der Waals surface area contributed by atoms with E-state index < -0.39 is 0 Å². The van der Waals surface area contributed by atoms with E-state index >= 15 is 0 Å². The van der Waals surface area contributed by atoms with Crippen molar-refractivity contribution in [2.24, 2.45) is 0 Å². The van der Waals surface area contributed by atoms with E-state index in [0.29, 0.717) is 5.92 Å². The third-order valence-corrected chi connectivity index (χ3v) is 4.82. The van der Waals surface area contributed by atoms with Gasteiger partial charge in [-0.3, -0.25) is 0 Å². The smallest absolute Gasteiger partial charge is 0.0461 e. The predicted molar refractivity (Wildman–Crippen MR) is 114 cm³/mol. The molecule has 0 N–H and O–H groups in total. The average molecular weight is 344 g/mol. The highest BCUT2D eigenvalue weighted by molar-refractivity contribution is 5.76. The fourth-order valence-electron chi connectivity index (χ4n) is 3.14. The Morgan fingerprint density at radius 1 is 0.615 bits per heavy atom. The normalized spacial score (nSPS) is 11.6. The molecule has 0 spiro atoms. The molecule has 0 atom stereocenters. The second kappa shape index (κ2) is 7.37.